The summed E-state index contributed by atoms with van der Waals surface area (Å²) in [7, 11) is 1.37. The molecule has 2 aromatic heterocycles. The van der Waals surface area contributed by atoms with Gasteiger partial charge in [0.05, 0.1) is 16.6 Å². The summed E-state index contributed by atoms with van der Waals surface area (Å²) in [6.45, 7) is 2.26. The van der Waals surface area contributed by atoms with E-state index in [1.54, 1.807) is 0 Å². The van der Waals surface area contributed by atoms with Crippen LogP contribution in [0.15, 0.2) is 28.1 Å². The van der Waals surface area contributed by atoms with Crippen molar-refractivity contribution in [3.05, 3.63) is 43.6 Å². The maximum atomic E-state index is 12.0. The van der Waals surface area contributed by atoms with Crippen LogP contribution in [0.3, 0.4) is 0 Å². The second kappa shape index (κ2) is 6.36. The van der Waals surface area contributed by atoms with Gasteiger partial charge < -0.3 is 9.47 Å². The molecule has 2 heterocycles. The quantitative estimate of drug-likeness (QED) is 0.593. The molecule has 3 aromatic rings. The number of carbonyl (C=O) groups excluding carboxylic acids is 1. The highest BCUT2D eigenvalue weighted by Crippen LogP contribution is 2.38. The van der Waals surface area contributed by atoms with Crippen LogP contribution in [-0.4, -0.2) is 18.1 Å². The first kappa shape index (κ1) is 15.5. The number of nitrogens with zero attached hydrogens (tertiary/aromatic N) is 1. The van der Waals surface area contributed by atoms with Crippen LogP contribution in [-0.2, 0) is 11.3 Å². The average molecular weight is 398 g/mol. The van der Waals surface area contributed by atoms with Gasteiger partial charge in [0, 0.05) is 10.1 Å². The minimum absolute atomic E-state index is 0.321. The number of hydrogen-bond donors (Lipinski definition) is 0. The average Bonchev–Trinajstić information content (AvgIpc) is 3.05. The summed E-state index contributed by atoms with van der Waals surface area (Å²) in [4.78, 5) is 16.9. The molecule has 0 bridgehead atoms. The van der Waals surface area contributed by atoms with Gasteiger partial charge in [-0.05, 0) is 35.0 Å². The minimum Gasteiger partial charge on any atom is -0.484 e. The molecule has 0 saturated carbocycles. The van der Waals surface area contributed by atoms with Crippen molar-refractivity contribution in [1.82, 2.24) is 4.98 Å². The Bertz CT molecular complexity index is 821. The first-order valence-corrected chi connectivity index (χ1v) is 8.87. The number of methoxy groups -OCH3 is 1. The molecule has 0 aliphatic rings. The standard InChI is InChI=1S/C15H12BrNO3S2/c1-8-14(16)22-11(17-8)7-20-12-9-5-3-4-6-10(9)21-13(12)15(18)19-2/h3-6H,7H2,1-2H3. The van der Waals surface area contributed by atoms with E-state index in [0.29, 0.717) is 17.2 Å². The summed E-state index contributed by atoms with van der Waals surface area (Å²) in [5, 5.41) is 1.77. The fourth-order valence-corrected chi connectivity index (χ4v) is 4.43. The zero-order valence-corrected chi connectivity index (χ0v) is 15.1. The van der Waals surface area contributed by atoms with Gasteiger partial charge in [0.15, 0.2) is 10.6 Å². The van der Waals surface area contributed by atoms with Crippen molar-refractivity contribution >= 4 is 54.7 Å². The van der Waals surface area contributed by atoms with E-state index in [9.17, 15) is 4.79 Å². The number of carbonyl (C=O) groups is 1. The van der Waals surface area contributed by atoms with E-state index in [-0.39, 0.29) is 5.97 Å². The smallest absolute Gasteiger partial charge is 0.351 e. The first-order chi connectivity index (χ1) is 10.6. The Morgan fingerprint density at radius 3 is 2.77 bits per heavy atom. The number of aromatic nitrogens is 1. The summed E-state index contributed by atoms with van der Waals surface area (Å²) in [5.74, 6) is 0.184. The second-order valence-corrected chi connectivity index (χ2v) is 7.96. The van der Waals surface area contributed by atoms with E-state index < -0.39 is 0 Å². The molecule has 0 spiro atoms. The van der Waals surface area contributed by atoms with Crippen molar-refractivity contribution in [2.75, 3.05) is 7.11 Å². The van der Waals surface area contributed by atoms with Gasteiger partial charge in [0.1, 0.15) is 11.6 Å². The van der Waals surface area contributed by atoms with E-state index in [1.165, 1.54) is 29.8 Å². The normalized spacial score (nSPS) is 10.9. The third-order valence-electron chi connectivity index (χ3n) is 3.04. The number of thiophene rings is 1. The Kier molecular flexibility index (Phi) is 4.46. The molecule has 7 heteroatoms. The van der Waals surface area contributed by atoms with Crippen LogP contribution in [0.2, 0.25) is 0 Å². The maximum absolute atomic E-state index is 12.0. The third kappa shape index (κ3) is 2.88. The van der Waals surface area contributed by atoms with Crippen LogP contribution in [0.1, 0.15) is 20.4 Å². The number of aryl methyl sites for hydroxylation is 1. The largest absolute Gasteiger partial charge is 0.484 e. The van der Waals surface area contributed by atoms with Gasteiger partial charge in [0.25, 0.3) is 0 Å². The summed E-state index contributed by atoms with van der Waals surface area (Å²) in [5.41, 5.74) is 0.937. The molecule has 0 atom stereocenters. The first-order valence-electron chi connectivity index (χ1n) is 6.44. The molecule has 4 nitrogen and oxygen atoms in total. The zero-order chi connectivity index (χ0) is 15.7. The Morgan fingerprint density at radius 1 is 1.32 bits per heavy atom. The monoisotopic (exact) mass is 397 g/mol. The minimum atomic E-state index is -0.382. The number of benzene rings is 1. The zero-order valence-electron chi connectivity index (χ0n) is 11.9. The molecule has 0 saturated heterocycles. The molecule has 0 radical (unpaired) electrons. The highest BCUT2D eigenvalue weighted by molar-refractivity contribution is 9.11. The van der Waals surface area contributed by atoms with Crippen LogP contribution < -0.4 is 4.74 Å². The summed E-state index contributed by atoms with van der Waals surface area (Å²) < 4.78 is 12.7. The van der Waals surface area contributed by atoms with E-state index >= 15 is 0 Å². The molecule has 0 aliphatic heterocycles. The van der Waals surface area contributed by atoms with Crippen LogP contribution in [0, 0.1) is 6.92 Å². The highest BCUT2D eigenvalue weighted by atomic mass is 79.9. The predicted octanol–water partition coefficient (Wildman–Crippen LogP) is 4.79. The van der Waals surface area contributed by atoms with Crippen molar-refractivity contribution in [1.29, 1.82) is 0 Å². The lowest BCUT2D eigenvalue weighted by molar-refractivity contribution is 0.0602. The number of fused-ring (bicyclic) bond motifs is 1. The molecule has 114 valence electrons. The van der Waals surface area contributed by atoms with Gasteiger partial charge in [-0.1, -0.05) is 12.1 Å². The van der Waals surface area contributed by atoms with Crippen molar-refractivity contribution in [3.8, 4) is 5.75 Å². The topological polar surface area (TPSA) is 48.4 Å². The van der Waals surface area contributed by atoms with Crippen LogP contribution in [0.4, 0.5) is 0 Å². The summed E-state index contributed by atoms with van der Waals surface area (Å²) >= 11 is 6.36. The van der Waals surface area contributed by atoms with Crippen LogP contribution in [0.25, 0.3) is 10.1 Å². The Labute approximate surface area is 143 Å². The van der Waals surface area contributed by atoms with Crippen molar-refractivity contribution in [2.45, 2.75) is 13.5 Å². The lowest BCUT2D eigenvalue weighted by atomic mass is 10.2. The van der Waals surface area contributed by atoms with Crippen molar-refractivity contribution in [3.63, 3.8) is 0 Å². The van der Waals surface area contributed by atoms with Gasteiger partial charge in [-0.15, -0.1) is 22.7 Å². The van der Waals surface area contributed by atoms with Crippen LogP contribution in [0.5, 0.6) is 5.75 Å². The molecular formula is C15H12BrNO3S2. The van der Waals surface area contributed by atoms with Gasteiger partial charge in [0.2, 0.25) is 0 Å². The molecule has 0 amide bonds. The molecule has 22 heavy (non-hydrogen) atoms. The fraction of sp³-hybridized carbons (Fsp3) is 0.200. The number of ether oxygens (including phenoxy) is 2. The molecule has 0 unspecified atom stereocenters. The number of thiazole rings is 1. The SMILES string of the molecule is COC(=O)c1sc2ccccc2c1OCc1nc(C)c(Br)s1. The van der Waals surface area contributed by atoms with Crippen molar-refractivity contribution < 1.29 is 14.3 Å². The lowest BCUT2D eigenvalue weighted by Crippen LogP contribution is -2.03. The van der Waals surface area contributed by atoms with Gasteiger partial charge >= 0.3 is 5.97 Å². The van der Waals surface area contributed by atoms with Crippen LogP contribution >= 0.6 is 38.6 Å². The number of halogens is 1. The predicted molar refractivity (Wildman–Crippen MR) is 92.0 cm³/mol. The van der Waals surface area contributed by atoms with E-state index in [1.807, 2.05) is 31.2 Å². The fourth-order valence-electron chi connectivity index (χ4n) is 2.02. The molecule has 0 aliphatic carbocycles. The summed E-state index contributed by atoms with van der Waals surface area (Å²) in [6.07, 6.45) is 0. The highest BCUT2D eigenvalue weighted by Gasteiger charge is 2.20. The van der Waals surface area contributed by atoms with Gasteiger partial charge in [-0.2, -0.15) is 0 Å². The van der Waals surface area contributed by atoms with Gasteiger partial charge in [-0.3, -0.25) is 0 Å². The number of rotatable bonds is 4. The summed E-state index contributed by atoms with van der Waals surface area (Å²) in [6, 6.07) is 7.76. The Hall–Kier alpha value is -1.44. The number of hydrogen-bond acceptors (Lipinski definition) is 6. The lowest BCUT2D eigenvalue weighted by Gasteiger charge is -2.05. The number of esters is 1. The second-order valence-electron chi connectivity index (χ2n) is 4.50. The molecular weight excluding hydrogens is 386 g/mol. The molecule has 0 fully saturated rings. The van der Waals surface area contributed by atoms with E-state index in [2.05, 4.69) is 20.9 Å². The maximum Gasteiger partial charge on any atom is 0.351 e. The molecule has 1 aromatic carbocycles. The Balaban J connectivity index is 1.95. The molecule has 0 N–H and O–H groups in total. The van der Waals surface area contributed by atoms with E-state index in [4.69, 9.17) is 9.47 Å². The van der Waals surface area contributed by atoms with Crippen molar-refractivity contribution in [2.24, 2.45) is 0 Å². The third-order valence-corrected chi connectivity index (χ3v) is 6.16. The van der Waals surface area contributed by atoms with Gasteiger partial charge in [-0.25, -0.2) is 9.78 Å². The molecule has 3 rings (SSSR count). The van der Waals surface area contributed by atoms with E-state index in [0.717, 1.165) is 24.6 Å². The Morgan fingerprint density at radius 2 is 2.09 bits per heavy atom.